The van der Waals surface area contributed by atoms with Gasteiger partial charge in [-0.15, -0.1) is 0 Å². The van der Waals surface area contributed by atoms with Crippen molar-refractivity contribution in [3.05, 3.63) is 0 Å². The van der Waals surface area contributed by atoms with Crippen LogP contribution in [0.3, 0.4) is 0 Å². The highest BCUT2D eigenvalue weighted by Crippen LogP contribution is 2.57. The van der Waals surface area contributed by atoms with Gasteiger partial charge in [0.2, 0.25) is 5.91 Å². The van der Waals surface area contributed by atoms with Crippen molar-refractivity contribution in [1.82, 2.24) is 4.90 Å². The molecule has 0 aromatic heterocycles. The summed E-state index contributed by atoms with van der Waals surface area (Å²) in [5.74, 6) is 2.29. The summed E-state index contributed by atoms with van der Waals surface area (Å²) in [6, 6.07) is 0. The van der Waals surface area contributed by atoms with E-state index in [1.54, 1.807) is 0 Å². The summed E-state index contributed by atoms with van der Waals surface area (Å²) >= 11 is 3.36. The van der Waals surface area contributed by atoms with Crippen molar-refractivity contribution in [2.75, 3.05) is 18.9 Å². The molecule has 0 aliphatic heterocycles. The van der Waals surface area contributed by atoms with Gasteiger partial charge in [-0.2, -0.15) is 0 Å². The fourth-order valence-corrected chi connectivity index (χ4v) is 3.21. The number of alkyl halides is 1. The Balaban J connectivity index is 1.85. The molecular weight excluding hydrogens is 230 g/mol. The maximum atomic E-state index is 11.8. The van der Waals surface area contributed by atoms with Crippen molar-refractivity contribution in [1.29, 1.82) is 0 Å². The van der Waals surface area contributed by atoms with Crippen LogP contribution in [0.25, 0.3) is 0 Å². The maximum absolute atomic E-state index is 11.8. The predicted octanol–water partition coefficient (Wildman–Crippen LogP) is 1.89. The third-order valence-electron chi connectivity index (χ3n) is 3.49. The van der Waals surface area contributed by atoms with Crippen molar-refractivity contribution in [3.8, 4) is 0 Å². The zero-order valence-electron chi connectivity index (χ0n) is 8.00. The van der Waals surface area contributed by atoms with Crippen molar-refractivity contribution < 1.29 is 4.79 Å². The Morgan fingerprint density at radius 2 is 2.08 bits per heavy atom. The summed E-state index contributed by atoms with van der Waals surface area (Å²) < 4.78 is 0. The van der Waals surface area contributed by atoms with E-state index in [0.29, 0.717) is 11.8 Å². The molecule has 0 radical (unpaired) electrons. The summed E-state index contributed by atoms with van der Waals surface area (Å²) in [6.45, 7) is 0.842. The average Bonchev–Trinajstić information content (AvgIpc) is 2.58. The Kier molecular flexibility index (Phi) is 2.63. The molecule has 0 aromatic carbocycles. The number of nitrogens with zero attached hydrogens (tertiary/aromatic N) is 1. The van der Waals surface area contributed by atoms with Crippen LogP contribution < -0.4 is 0 Å². The fraction of sp³-hybridized carbons (Fsp3) is 0.900. The van der Waals surface area contributed by atoms with Gasteiger partial charge in [0.25, 0.3) is 0 Å². The molecule has 0 aromatic rings. The van der Waals surface area contributed by atoms with E-state index in [1.807, 2.05) is 11.9 Å². The summed E-state index contributed by atoms with van der Waals surface area (Å²) in [5.41, 5.74) is 0. The first-order valence-electron chi connectivity index (χ1n) is 5.06. The summed E-state index contributed by atoms with van der Waals surface area (Å²) in [7, 11) is 1.91. The van der Waals surface area contributed by atoms with Crippen LogP contribution in [0.5, 0.6) is 0 Å². The topological polar surface area (TPSA) is 20.3 Å². The predicted molar refractivity (Wildman–Crippen MR) is 55.8 cm³/mol. The second kappa shape index (κ2) is 3.60. The number of carbonyl (C=O) groups is 1. The number of carbonyl (C=O) groups excluding carboxylic acids is 1. The lowest BCUT2D eigenvalue weighted by molar-refractivity contribution is -0.131. The lowest BCUT2D eigenvalue weighted by atomic mass is 10.1. The monoisotopic (exact) mass is 245 g/mol. The van der Waals surface area contributed by atoms with Crippen molar-refractivity contribution >= 4 is 21.8 Å². The molecule has 0 saturated heterocycles. The van der Waals surface area contributed by atoms with E-state index in [9.17, 15) is 4.79 Å². The second-order valence-electron chi connectivity index (χ2n) is 4.23. The van der Waals surface area contributed by atoms with Gasteiger partial charge in [0.15, 0.2) is 0 Å². The lowest BCUT2D eigenvalue weighted by Gasteiger charge is -2.16. The van der Waals surface area contributed by atoms with Gasteiger partial charge in [0.05, 0.1) is 0 Å². The normalized spacial score (nSPS) is 35.7. The van der Waals surface area contributed by atoms with Gasteiger partial charge in [-0.05, 0) is 24.7 Å². The first-order valence-corrected chi connectivity index (χ1v) is 6.19. The van der Waals surface area contributed by atoms with Gasteiger partial charge in [0.1, 0.15) is 0 Å². The minimum atomic E-state index is 0.383. The van der Waals surface area contributed by atoms with Crippen LogP contribution >= 0.6 is 15.9 Å². The third kappa shape index (κ3) is 1.63. The summed E-state index contributed by atoms with van der Waals surface area (Å²) in [6.07, 6.45) is 3.94. The number of hydrogen-bond acceptors (Lipinski definition) is 1. The minimum absolute atomic E-state index is 0.383. The molecule has 2 aliphatic carbocycles. The van der Waals surface area contributed by atoms with E-state index in [-0.39, 0.29) is 0 Å². The van der Waals surface area contributed by atoms with Crippen LogP contribution in [-0.4, -0.2) is 29.7 Å². The Morgan fingerprint density at radius 1 is 1.46 bits per heavy atom. The highest BCUT2D eigenvalue weighted by atomic mass is 79.9. The molecule has 0 bridgehead atoms. The van der Waals surface area contributed by atoms with Crippen LogP contribution in [0.15, 0.2) is 0 Å². The zero-order chi connectivity index (χ0) is 9.42. The first kappa shape index (κ1) is 9.50. The molecule has 0 heterocycles. The molecule has 0 N–H and O–H groups in total. The average molecular weight is 246 g/mol. The van der Waals surface area contributed by atoms with Crippen LogP contribution in [-0.2, 0) is 4.79 Å². The number of hydrogen-bond donors (Lipinski definition) is 0. The molecule has 2 fully saturated rings. The second-order valence-corrected chi connectivity index (χ2v) is 5.03. The van der Waals surface area contributed by atoms with E-state index in [4.69, 9.17) is 0 Å². The third-order valence-corrected chi connectivity index (χ3v) is 3.84. The largest absolute Gasteiger partial charge is 0.345 e. The standard InChI is InChI=1S/C10H16BrNO/c1-12(6-5-11)10(13)9-7-3-2-4-8(7)9/h7-9H,2-6H2,1H3. The zero-order valence-corrected chi connectivity index (χ0v) is 9.59. The molecule has 0 spiro atoms. The van der Waals surface area contributed by atoms with Crippen LogP contribution in [0, 0.1) is 17.8 Å². The molecule has 2 unspecified atom stereocenters. The molecule has 74 valence electrons. The van der Waals surface area contributed by atoms with Gasteiger partial charge < -0.3 is 4.90 Å². The smallest absolute Gasteiger partial charge is 0.226 e. The number of halogens is 1. The molecule has 13 heavy (non-hydrogen) atoms. The summed E-state index contributed by atoms with van der Waals surface area (Å²) in [5, 5.41) is 0.886. The van der Waals surface area contributed by atoms with Crippen LogP contribution in [0.4, 0.5) is 0 Å². The lowest BCUT2D eigenvalue weighted by Crippen LogP contribution is -2.31. The molecule has 2 rings (SSSR count). The number of rotatable bonds is 3. The Morgan fingerprint density at radius 3 is 2.62 bits per heavy atom. The SMILES string of the molecule is CN(CCBr)C(=O)C1C2CCCC21. The van der Waals surface area contributed by atoms with Gasteiger partial charge in [-0.25, -0.2) is 0 Å². The molecule has 3 heteroatoms. The van der Waals surface area contributed by atoms with Crippen molar-refractivity contribution in [3.63, 3.8) is 0 Å². The first-order chi connectivity index (χ1) is 6.25. The highest BCUT2D eigenvalue weighted by molar-refractivity contribution is 9.09. The van der Waals surface area contributed by atoms with E-state index < -0.39 is 0 Å². The van der Waals surface area contributed by atoms with Crippen molar-refractivity contribution in [2.45, 2.75) is 19.3 Å². The van der Waals surface area contributed by atoms with Crippen molar-refractivity contribution in [2.24, 2.45) is 17.8 Å². The van der Waals surface area contributed by atoms with Gasteiger partial charge in [0, 0.05) is 24.8 Å². The molecule has 2 aliphatic rings. The Labute approximate surface area is 87.8 Å². The Bertz CT molecular complexity index is 209. The fourth-order valence-electron chi connectivity index (χ4n) is 2.68. The van der Waals surface area contributed by atoms with E-state index >= 15 is 0 Å². The summed E-state index contributed by atoms with van der Waals surface area (Å²) in [4.78, 5) is 13.7. The molecule has 2 atom stereocenters. The minimum Gasteiger partial charge on any atom is -0.345 e. The van der Waals surface area contributed by atoms with Gasteiger partial charge >= 0.3 is 0 Å². The molecule has 2 nitrogen and oxygen atoms in total. The van der Waals surface area contributed by atoms with E-state index in [2.05, 4.69) is 15.9 Å². The van der Waals surface area contributed by atoms with E-state index in [1.165, 1.54) is 19.3 Å². The van der Waals surface area contributed by atoms with E-state index in [0.717, 1.165) is 23.7 Å². The quantitative estimate of drug-likeness (QED) is 0.696. The van der Waals surface area contributed by atoms with Crippen LogP contribution in [0.1, 0.15) is 19.3 Å². The van der Waals surface area contributed by atoms with Crippen LogP contribution in [0.2, 0.25) is 0 Å². The Hall–Kier alpha value is -0.0500. The molecule has 2 saturated carbocycles. The molecular formula is C10H16BrNO. The number of amides is 1. The molecule has 1 amide bonds. The number of fused-ring (bicyclic) bond motifs is 1. The van der Waals surface area contributed by atoms with Gasteiger partial charge in [-0.1, -0.05) is 22.4 Å². The highest BCUT2D eigenvalue weighted by Gasteiger charge is 2.56. The van der Waals surface area contributed by atoms with Gasteiger partial charge in [-0.3, -0.25) is 4.79 Å². The maximum Gasteiger partial charge on any atom is 0.226 e.